The number of carbonyl (C=O) groups excluding carboxylic acids is 1. The molecule has 1 aliphatic carbocycles. The quantitative estimate of drug-likeness (QED) is 0.763. The lowest BCUT2D eigenvalue weighted by atomic mass is 9.83. The SMILES string of the molecule is CC(C)C(=O)C1(C(OC2CCCCO2)c2ccc(F)cc2F)CC1. The second-order valence-corrected chi connectivity index (χ2v) is 7.15. The van der Waals surface area contributed by atoms with Gasteiger partial charge in [-0.1, -0.05) is 19.9 Å². The van der Waals surface area contributed by atoms with Crippen LogP contribution in [0, 0.1) is 23.0 Å². The first kappa shape index (κ1) is 17.5. The van der Waals surface area contributed by atoms with Crippen molar-refractivity contribution in [1.82, 2.24) is 0 Å². The summed E-state index contributed by atoms with van der Waals surface area (Å²) >= 11 is 0. The highest BCUT2D eigenvalue weighted by Crippen LogP contribution is 2.59. The highest BCUT2D eigenvalue weighted by atomic mass is 19.1. The van der Waals surface area contributed by atoms with E-state index in [4.69, 9.17) is 9.47 Å². The monoisotopic (exact) mass is 338 g/mol. The molecule has 2 unspecified atom stereocenters. The second kappa shape index (κ2) is 6.89. The fourth-order valence-corrected chi connectivity index (χ4v) is 3.53. The molecule has 2 aliphatic rings. The zero-order valence-corrected chi connectivity index (χ0v) is 14.2. The van der Waals surface area contributed by atoms with Crippen LogP contribution in [-0.2, 0) is 14.3 Å². The van der Waals surface area contributed by atoms with Gasteiger partial charge in [0.2, 0.25) is 0 Å². The minimum absolute atomic E-state index is 0.0760. The maximum atomic E-state index is 14.4. The Bertz CT molecular complexity index is 605. The molecule has 2 fully saturated rings. The summed E-state index contributed by atoms with van der Waals surface area (Å²) in [4.78, 5) is 12.7. The summed E-state index contributed by atoms with van der Waals surface area (Å²) < 4.78 is 39.4. The number of ketones is 1. The number of carbonyl (C=O) groups is 1. The maximum absolute atomic E-state index is 14.4. The van der Waals surface area contributed by atoms with Gasteiger partial charge in [0, 0.05) is 24.2 Å². The van der Waals surface area contributed by atoms with E-state index in [-0.39, 0.29) is 17.3 Å². The van der Waals surface area contributed by atoms with Gasteiger partial charge in [-0.2, -0.15) is 0 Å². The van der Waals surface area contributed by atoms with Crippen molar-refractivity contribution < 1.29 is 23.0 Å². The van der Waals surface area contributed by atoms with Gasteiger partial charge in [0.1, 0.15) is 23.5 Å². The van der Waals surface area contributed by atoms with E-state index in [9.17, 15) is 13.6 Å². The van der Waals surface area contributed by atoms with Crippen molar-refractivity contribution in [1.29, 1.82) is 0 Å². The maximum Gasteiger partial charge on any atom is 0.158 e. The van der Waals surface area contributed by atoms with E-state index in [1.54, 1.807) is 0 Å². The number of ether oxygens (including phenoxy) is 2. The molecular formula is C19H24F2O3. The van der Waals surface area contributed by atoms with E-state index in [2.05, 4.69) is 0 Å². The van der Waals surface area contributed by atoms with Crippen molar-refractivity contribution in [3.05, 3.63) is 35.4 Å². The molecule has 0 spiro atoms. The van der Waals surface area contributed by atoms with Crippen LogP contribution >= 0.6 is 0 Å². The first-order valence-electron chi connectivity index (χ1n) is 8.70. The first-order valence-corrected chi connectivity index (χ1v) is 8.70. The Labute approximate surface area is 141 Å². The van der Waals surface area contributed by atoms with Crippen molar-refractivity contribution in [2.45, 2.75) is 58.3 Å². The Kier molecular flexibility index (Phi) is 5.02. The Hall–Kier alpha value is -1.33. The molecule has 0 radical (unpaired) electrons. The van der Waals surface area contributed by atoms with Crippen LogP contribution < -0.4 is 0 Å². The minimum Gasteiger partial charge on any atom is -0.353 e. The van der Waals surface area contributed by atoms with Crippen LogP contribution in [-0.4, -0.2) is 18.7 Å². The lowest BCUT2D eigenvalue weighted by Gasteiger charge is -2.33. The van der Waals surface area contributed by atoms with E-state index >= 15 is 0 Å². The Morgan fingerprint density at radius 2 is 2.04 bits per heavy atom. The van der Waals surface area contributed by atoms with Gasteiger partial charge < -0.3 is 9.47 Å². The normalized spacial score (nSPS) is 24.0. The average molecular weight is 338 g/mol. The van der Waals surface area contributed by atoms with E-state index in [1.807, 2.05) is 13.8 Å². The lowest BCUT2D eigenvalue weighted by molar-refractivity contribution is -0.205. The molecule has 1 aliphatic heterocycles. The molecular weight excluding hydrogens is 314 g/mol. The van der Waals surface area contributed by atoms with Crippen molar-refractivity contribution in [3.63, 3.8) is 0 Å². The van der Waals surface area contributed by atoms with Gasteiger partial charge in [0.05, 0.1) is 5.41 Å². The summed E-state index contributed by atoms with van der Waals surface area (Å²) in [7, 11) is 0. The van der Waals surface area contributed by atoms with Crippen LogP contribution in [0.15, 0.2) is 18.2 Å². The molecule has 1 aromatic rings. The van der Waals surface area contributed by atoms with Gasteiger partial charge in [-0.25, -0.2) is 8.78 Å². The number of hydrogen-bond donors (Lipinski definition) is 0. The van der Waals surface area contributed by atoms with Crippen molar-refractivity contribution >= 4 is 5.78 Å². The number of hydrogen-bond acceptors (Lipinski definition) is 3. The molecule has 1 saturated heterocycles. The van der Waals surface area contributed by atoms with Gasteiger partial charge in [-0.3, -0.25) is 4.79 Å². The molecule has 24 heavy (non-hydrogen) atoms. The predicted octanol–water partition coefficient (Wildman–Crippen LogP) is 4.55. The predicted molar refractivity (Wildman–Crippen MR) is 85.3 cm³/mol. The summed E-state index contributed by atoms with van der Waals surface area (Å²) in [6.07, 6.45) is 2.85. The van der Waals surface area contributed by atoms with Crippen LogP contribution in [0.2, 0.25) is 0 Å². The van der Waals surface area contributed by atoms with Crippen LogP contribution in [0.25, 0.3) is 0 Å². The highest BCUT2D eigenvalue weighted by Gasteiger charge is 2.58. The Morgan fingerprint density at radius 1 is 1.29 bits per heavy atom. The lowest BCUT2D eigenvalue weighted by Crippen LogP contribution is -2.34. The summed E-state index contributed by atoms with van der Waals surface area (Å²) in [5, 5.41) is 0. The molecule has 1 saturated carbocycles. The molecule has 132 valence electrons. The standard InChI is InChI=1S/C19H24F2O3/c1-12(2)17(22)19(8-9-19)18(24-16-5-3-4-10-23-16)14-7-6-13(20)11-15(14)21/h6-7,11-12,16,18H,3-5,8-10H2,1-2H3. The van der Waals surface area contributed by atoms with Gasteiger partial charge in [-0.15, -0.1) is 0 Å². The highest BCUT2D eigenvalue weighted by molar-refractivity contribution is 5.89. The molecule has 0 bridgehead atoms. The van der Waals surface area contributed by atoms with Crippen LogP contribution in [0.1, 0.15) is 57.6 Å². The number of rotatable bonds is 6. The molecule has 0 amide bonds. The molecule has 0 N–H and O–H groups in total. The van der Waals surface area contributed by atoms with Gasteiger partial charge >= 0.3 is 0 Å². The first-order chi connectivity index (χ1) is 11.4. The summed E-state index contributed by atoms with van der Waals surface area (Å²) in [5.41, 5.74) is -0.467. The topological polar surface area (TPSA) is 35.5 Å². The third-order valence-corrected chi connectivity index (χ3v) is 4.98. The molecule has 1 aromatic carbocycles. The fraction of sp³-hybridized carbons (Fsp3) is 0.632. The zero-order valence-electron chi connectivity index (χ0n) is 14.2. The third-order valence-electron chi connectivity index (χ3n) is 4.98. The summed E-state index contributed by atoms with van der Waals surface area (Å²) in [5.74, 6) is -1.39. The summed E-state index contributed by atoms with van der Waals surface area (Å²) in [6.45, 7) is 4.30. The van der Waals surface area contributed by atoms with Crippen molar-refractivity contribution in [2.24, 2.45) is 11.3 Å². The van der Waals surface area contributed by atoms with E-state index in [0.29, 0.717) is 19.4 Å². The minimum atomic E-state index is -0.726. The number of Topliss-reactive ketones (excluding diaryl/α,β-unsaturated/α-hetero) is 1. The molecule has 5 heteroatoms. The van der Waals surface area contributed by atoms with Crippen LogP contribution in [0.3, 0.4) is 0 Å². The number of benzene rings is 1. The molecule has 3 rings (SSSR count). The molecule has 0 aromatic heterocycles. The van der Waals surface area contributed by atoms with Gasteiger partial charge in [0.15, 0.2) is 6.29 Å². The zero-order chi connectivity index (χ0) is 17.3. The van der Waals surface area contributed by atoms with Crippen LogP contribution in [0.4, 0.5) is 8.78 Å². The average Bonchev–Trinajstić information content (AvgIpc) is 3.35. The van der Waals surface area contributed by atoms with Gasteiger partial charge in [0.25, 0.3) is 0 Å². The molecule has 1 heterocycles. The van der Waals surface area contributed by atoms with Crippen molar-refractivity contribution in [2.75, 3.05) is 6.61 Å². The van der Waals surface area contributed by atoms with Crippen LogP contribution in [0.5, 0.6) is 0 Å². The molecule has 3 nitrogen and oxygen atoms in total. The second-order valence-electron chi connectivity index (χ2n) is 7.15. The van der Waals surface area contributed by atoms with E-state index in [0.717, 1.165) is 25.3 Å². The van der Waals surface area contributed by atoms with E-state index < -0.39 is 29.4 Å². The van der Waals surface area contributed by atoms with Gasteiger partial charge in [-0.05, 0) is 38.2 Å². The smallest absolute Gasteiger partial charge is 0.158 e. The largest absolute Gasteiger partial charge is 0.353 e. The third kappa shape index (κ3) is 3.38. The number of halogens is 2. The van der Waals surface area contributed by atoms with Crippen molar-refractivity contribution in [3.8, 4) is 0 Å². The summed E-state index contributed by atoms with van der Waals surface area (Å²) in [6, 6.07) is 3.46. The molecule has 2 atom stereocenters. The van der Waals surface area contributed by atoms with E-state index in [1.165, 1.54) is 12.1 Å². The Balaban J connectivity index is 1.93. The fourth-order valence-electron chi connectivity index (χ4n) is 3.53. The Morgan fingerprint density at radius 3 is 2.58 bits per heavy atom.